The van der Waals surface area contributed by atoms with Crippen LogP contribution in [0.3, 0.4) is 0 Å². The van der Waals surface area contributed by atoms with Gasteiger partial charge in [-0.3, -0.25) is 14.9 Å². The van der Waals surface area contributed by atoms with Crippen molar-refractivity contribution in [2.24, 2.45) is 5.92 Å². The maximum Gasteiger partial charge on any atom is 0.321 e. The number of ether oxygens (including phenoxy) is 1. The molecule has 1 aromatic carbocycles. The van der Waals surface area contributed by atoms with Crippen LogP contribution in [0.4, 0.5) is 4.79 Å². The molecule has 0 fully saturated rings. The Morgan fingerprint density at radius 3 is 2.35 bits per heavy atom. The van der Waals surface area contributed by atoms with Crippen molar-refractivity contribution in [3.8, 4) is 0 Å². The summed E-state index contributed by atoms with van der Waals surface area (Å²) in [6.45, 7) is 5.75. The number of carbonyl (C=O) groups excluding carboxylic acids is 3. The zero-order valence-electron chi connectivity index (χ0n) is 13.8. The van der Waals surface area contributed by atoms with Crippen LogP contribution in [0.1, 0.15) is 38.7 Å². The van der Waals surface area contributed by atoms with Gasteiger partial charge in [0.1, 0.15) is 0 Å². The summed E-state index contributed by atoms with van der Waals surface area (Å²) in [5.74, 6) is -1.26. The number of esters is 1. The molecule has 0 radical (unpaired) electrons. The topological polar surface area (TPSA) is 84.5 Å². The molecule has 0 aliphatic rings. The lowest BCUT2D eigenvalue weighted by molar-refractivity contribution is -0.149. The van der Waals surface area contributed by atoms with Gasteiger partial charge in [-0.25, -0.2) is 4.79 Å². The molecule has 1 aromatic rings. The Balaban J connectivity index is 2.42. The molecular formula is C17H24N2O4. The molecule has 0 heterocycles. The molecule has 0 unspecified atom stereocenters. The van der Waals surface area contributed by atoms with Gasteiger partial charge in [-0.1, -0.05) is 51.1 Å². The summed E-state index contributed by atoms with van der Waals surface area (Å²) in [7, 11) is 0. The first kappa shape index (κ1) is 18.7. The van der Waals surface area contributed by atoms with Crippen LogP contribution in [0.25, 0.3) is 0 Å². The highest BCUT2D eigenvalue weighted by Crippen LogP contribution is 2.20. The third-order valence-corrected chi connectivity index (χ3v) is 3.16. The van der Waals surface area contributed by atoms with Crippen molar-refractivity contribution in [3.05, 3.63) is 35.9 Å². The van der Waals surface area contributed by atoms with E-state index in [1.54, 1.807) is 0 Å². The predicted octanol–water partition coefficient (Wildman–Crippen LogP) is 2.21. The maximum atomic E-state index is 12.1. The predicted molar refractivity (Wildman–Crippen MR) is 86.8 cm³/mol. The number of benzene rings is 1. The van der Waals surface area contributed by atoms with Gasteiger partial charge in [-0.15, -0.1) is 0 Å². The standard InChI is InChI=1S/C17H24N2O4/c1-4-14(13-8-6-5-7-9-13)16(21)23-11-15(20)19-17(22)18-10-12(2)3/h5-9,12,14H,4,10-11H2,1-3H3,(H2,18,19,20,22)/t14-/m1/s1. The summed E-state index contributed by atoms with van der Waals surface area (Å²) in [5, 5.41) is 4.67. The molecule has 6 heteroatoms. The number of hydrogen-bond acceptors (Lipinski definition) is 4. The molecule has 0 bridgehead atoms. The van der Waals surface area contributed by atoms with Crippen molar-refractivity contribution in [2.75, 3.05) is 13.2 Å². The van der Waals surface area contributed by atoms with Crippen molar-refractivity contribution in [1.82, 2.24) is 10.6 Å². The normalized spacial score (nSPS) is 11.7. The largest absolute Gasteiger partial charge is 0.455 e. The minimum absolute atomic E-state index is 0.282. The van der Waals surface area contributed by atoms with Crippen LogP contribution >= 0.6 is 0 Å². The number of urea groups is 1. The van der Waals surface area contributed by atoms with Crippen LogP contribution in [0.5, 0.6) is 0 Å². The Kier molecular flexibility index (Phi) is 7.80. The molecule has 1 rings (SSSR count). The van der Waals surface area contributed by atoms with Gasteiger partial charge in [0.25, 0.3) is 5.91 Å². The fourth-order valence-corrected chi connectivity index (χ4v) is 1.96. The van der Waals surface area contributed by atoms with Gasteiger partial charge in [0.05, 0.1) is 5.92 Å². The molecule has 126 valence electrons. The molecule has 0 aliphatic heterocycles. The zero-order chi connectivity index (χ0) is 17.2. The molecule has 6 nitrogen and oxygen atoms in total. The number of imide groups is 1. The summed E-state index contributed by atoms with van der Waals surface area (Å²) in [6.07, 6.45) is 0.569. The molecule has 2 N–H and O–H groups in total. The van der Waals surface area contributed by atoms with Gasteiger partial charge in [0.15, 0.2) is 6.61 Å². The molecule has 23 heavy (non-hydrogen) atoms. The van der Waals surface area contributed by atoms with Crippen LogP contribution in [0, 0.1) is 5.92 Å². The molecule has 0 saturated heterocycles. The van der Waals surface area contributed by atoms with Gasteiger partial charge in [0.2, 0.25) is 0 Å². The van der Waals surface area contributed by atoms with Gasteiger partial charge >= 0.3 is 12.0 Å². The van der Waals surface area contributed by atoms with Crippen LogP contribution in [-0.4, -0.2) is 31.1 Å². The fourth-order valence-electron chi connectivity index (χ4n) is 1.96. The second-order valence-corrected chi connectivity index (χ2v) is 5.63. The Bertz CT molecular complexity index is 529. The first-order chi connectivity index (χ1) is 10.9. The number of nitrogens with one attached hydrogen (secondary N) is 2. The van der Waals surface area contributed by atoms with E-state index in [-0.39, 0.29) is 5.92 Å². The lowest BCUT2D eigenvalue weighted by atomic mass is 9.97. The molecule has 0 aliphatic carbocycles. The number of carbonyl (C=O) groups is 3. The monoisotopic (exact) mass is 320 g/mol. The summed E-state index contributed by atoms with van der Waals surface area (Å²) in [6, 6.07) is 8.65. The van der Waals surface area contributed by atoms with Crippen LogP contribution in [-0.2, 0) is 14.3 Å². The minimum Gasteiger partial charge on any atom is -0.455 e. The van der Waals surface area contributed by atoms with Crippen LogP contribution in [0.15, 0.2) is 30.3 Å². The Hall–Kier alpha value is -2.37. The number of hydrogen-bond donors (Lipinski definition) is 2. The van der Waals surface area contributed by atoms with E-state index in [1.165, 1.54) is 0 Å². The second-order valence-electron chi connectivity index (χ2n) is 5.63. The smallest absolute Gasteiger partial charge is 0.321 e. The van der Waals surface area contributed by atoms with E-state index in [4.69, 9.17) is 4.74 Å². The van der Waals surface area contributed by atoms with Crippen molar-refractivity contribution in [3.63, 3.8) is 0 Å². The first-order valence-corrected chi connectivity index (χ1v) is 7.73. The first-order valence-electron chi connectivity index (χ1n) is 7.73. The van der Waals surface area contributed by atoms with Crippen LogP contribution in [0.2, 0.25) is 0 Å². The van der Waals surface area contributed by atoms with E-state index in [0.717, 1.165) is 5.56 Å². The van der Waals surface area contributed by atoms with Crippen molar-refractivity contribution >= 4 is 17.9 Å². The van der Waals surface area contributed by atoms with Gasteiger partial charge in [-0.05, 0) is 17.9 Å². The fraction of sp³-hybridized carbons (Fsp3) is 0.471. The highest BCUT2D eigenvalue weighted by atomic mass is 16.5. The van der Waals surface area contributed by atoms with E-state index in [2.05, 4.69) is 10.6 Å². The Labute approximate surface area is 136 Å². The molecule has 0 aromatic heterocycles. The highest BCUT2D eigenvalue weighted by Gasteiger charge is 2.21. The zero-order valence-corrected chi connectivity index (χ0v) is 13.8. The Morgan fingerprint density at radius 2 is 1.78 bits per heavy atom. The van der Waals surface area contributed by atoms with Gasteiger partial charge in [0, 0.05) is 6.54 Å². The van der Waals surface area contributed by atoms with Crippen molar-refractivity contribution in [1.29, 1.82) is 0 Å². The van der Waals surface area contributed by atoms with Gasteiger partial charge < -0.3 is 10.1 Å². The van der Waals surface area contributed by atoms with E-state index in [0.29, 0.717) is 13.0 Å². The van der Waals surface area contributed by atoms with E-state index < -0.39 is 30.4 Å². The average Bonchev–Trinajstić information content (AvgIpc) is 2.52. The molecular weight excluding hydrogens is 296 g/mol. The van der Waals surface area contributed by atoms with Crippen molar-refractivity contribution < 1.29 is 19.1 Å². The summed E-state index contributed by atoms with van der Waals surface area (Å²) in [4.78, 5) is 35.1. The average molecular weight is 320 g/mol. The molecule has 0 spiro atoms. The summed E-state index contributed by atoms with van der Waals surface area (Å²) >= 11 is 0. The molecule has 3 amide bonds. The third-order valence-electron chi connectivity index (χ3n) is 3.16. The van der Waals surface area contributed by atoms with E-state index >= 15 is 0 Å². The summed E-state index contributed by atoms with van der Waals surface area (Å²) < 4.78 is 5.01. The quantitative estimate of drug-likeness (QED) is 0.754. The molecule has 0 saturated carbocycles. The van der Waals surface area contributed by atoms with Gasteiger partial charge in [-0.2, -0.15) is 0 Å². The number of amides is 3. The summed E-state index contributed by atoms with van der Waals surface area (Å²) in [5.41, 5.74) is 0.843. The lowest BCUT2D eigenvalue weighted by Crippen LogP contribution is -2.42. The third kappa shape index (κ3) is 6.95. The SMILES string of the molecule is CC[C@@H](C(=O)OCC(=O)NC(=O)NCC(C)C)c1ccccc1. The van der Waals surface area contributed by atoms with Crippen molar-refractivity contribution in [2.45, 2.75) is 33.1 Å². The lowest BCUT2D eigenvalue weighted by Gasteiger charge is -2.14. The Morgan fingerprint density at radius 1 is 1.13 bits per heavy atom. The number of rotatable bonds is 7. The second kappa shape index (κ2) is 9.61. The highest BCUT2D eigenvalue weighted by molar-refractivity contribution is 5.95. The van der Waals surface area contributed by atoms with E-state index in [9.17, 15) is 14.4 Å². The molecule has 1 atom stereocenters. The minimum atomic E-state index is -0.650. The maximum absolute atomic E-state index is 12.1. The van der Waals surface area contributed by atoms with Crippen LogP contribution < -0.4 is 10.6 Å². The van der Waals surface area contributed by atoms with E-state index in [1.807, 2.05) is 51.1 Å².